The van der Waals surface area contributed by atoms with Gasteiger partial charge in [-0.1, -0.05) is 12.1 Å². The lowest BCUT2D eigenvalue weighted by Gasteiger charge is -2.09. The maximum absolute atomic E-state index is 12.3. The van der Waals surface area contributed by atoms with Crippen molar-refractivity contribution in [1.29, 1.82) is 0 Å². The number of pyridine rings is 1. The van der Waals surface area contributed by atoms with E-state index in [1.165, 1.54) is 6.07 Å². The van der Waals surface area contributed by atoms with Gasteiger partial charge in [0.1, 0.15) is 5.75 Å². The van der Waals surface area contributed by atoms with E-state index in [1.807, 2.05) is 46.9 Å². The van der Waals surface area contributed by atoms with Crippen molar-refractivity contribution in [2.45, 2.75) is 0 Å². The third-order valence-electron chi connectivity index (χ3n) is 3.14. The number of phenols is 1. The van der Waals surface area contributed by atoms with Crippen molar-refractivity contribution in [1.82, 2.24) is 4.98 Å². The van der Waals surface area contributed by atoms with Crippen LogP contribution in [0.4, 0.5) is 5.69 Å². The van der Waals surface area contributed by atoms with Crippen molar-refractivity contribution in [3.05, 3.63) is 64.0 Å². The monoisotopic (exact) mass is 390 g/mol. The van der Waals surface area contributed by atoms with Crippen molar-refractivity contribution in [3.8, 4) is 5.75 Å². The largest absolute Gasteiger partial charge is 0.507 e. The average molecular weight is 390 g/mol. The molecule has 0 aliphatic carbocycles. The van der Waals surface area contributed by atoms with E-state index in [1.54, 1.807) is 24.5 Å². The number of phenolic OH excluding ortho intramolecular Hbond substituents is 1. The average Bonchev–Trinajstić information content (AvgIpc) is 2.50. The normalized spacial score (nSPS) is 10.5. The molecule has 0 saturated carbocycles. The fourth-order valence-corrected chi connectivity index (χ4v) is 2.42. The second-order valence-corrected chi connectivity index (χ2v) is 5.68. The molecule has 0 saturated heterocycles. The summed E-state index contributed by atoms with van der Waals surface area (Å²) in [6.07, 6.45) is 3.44. The Labute approximate surface area is 135 Å². The van der Waals surface area contributed by atoms with Gasteiger partial charge in [0, 0.05) is 34.4 Å². The third-order valence-corrected chi connectivity index (χ3v) is 4.05. The highest BCUT2D eigenvalue weighted by molar-refractivity contribution is 14.1. The second-order valence-electron chi connectivity index (χ2n) is 4.52. The quantitative estimate of drug-likeness (QED) is 0.655. The molecule has 0 spiro atoms. The molecule has 0 unspecified atom stereocenters. The predicted molar refractivity (Wildman–Crippen MR) is 90.5 cm³/mol. The molecule has 2 N–H and O–H groups in total. The Hall–Kier alpha value is -2.15. The van der Waals surface area contributed by atoms with Crippen molar-refractivity contribution < 1.29 is 9.90 Å². The number of carbonyl (C=O) groups is 1. The first-order valence-electron chi connectivity index (χ1n) is 6.28. The molecule has 2 aromatic carbocycles. The van der Waals surface area contributed by atoms with Gasteiger partial charge in [0.2, 0.25) is 0 Å². The van der Waals surface area contributed by atoms with Crippen LogP contribution in [0.25, 0.3) is 10.8 Å². The number of nitrogens with one attached hydrogen (secondary N) is 1. The van der Waals surface area contributed by atoms with E-state index in [4.69, 9.17) is 0 Å². The minimum atomic E-state index is -0.258. The molecule has 0 aliphatic heterocycles. The maximum Gasteiger partial charge on any atom is 0.255 e. The molecule has 4 nitrogen and oxygen atoms in total. The van der Waals surface area contributed by atoms with Crippen LogP contribution in [0.5, 0.6) is 5.75 Å². The van der Waals surface area contributed by atoms with Gasteiger partial charge in [-0.25, -0.2) is 0 Å². The summed E-state index contributed by atoms with van der Waals surface area (Å²) in [5.41, 5.74) is 1.14. The van der Waals surface area contributed by atoms with Crippen LogP contribution in [0.15, 0.2) is 54.9 Å². The van der Waals surface area contributed by atoms with Crippen LogP contribution < -0.4 is 5.32 Å². The molecule has 0 radical (unpaired) electrons. The zero-order valence-electron chi connectivity index (χ0n) is 10.9. The van der Waals surface area contributed by atoms with E-state index in [0.717, 1.165) is 16.5 Å². The number of nitrogens with zero attached hydrogens (tertiary/aromatic N) is 1. The Morgan fingerprint density at radius 1 is 1.19 bits per heavy atom. The van der Waals surface area contributed by atoms with Gasteiger partial charge < -0.3 is 10.4 Å². The van der Waals surface area contributed by atoms with Crippen molar-refractivity contribution in [2.24, 2.45) is 0 Å². The van der Waals surface area contributed by atoms with Crippen molar-refractivity contribution >= 4 is 45.0 Å². The molecule has 21 heavy (non-hydrogen) atoms. The third kappa shape index (κ3) is 2.82. The summed E-state index contributed by atoms with van der Waals surface area (Å²) in [5.74, 6) is -0.156. The minimum Gasteiger partial charge on any atom is -0.507 e. The number of hydrogen-bond donors (Lipinski definition) is 2. The highest BCUT2D eigenvalue weighted by atomic mass is 127. The standard InChI is InChI=1S/C16H11IN2O2/c17-13-5-4-10(8-15(13)20)16(21)19-14-3-1-2-11-9-18-7-6-12(11)14/h1-9,20H,(H,19,21). The summed E-state index contributed by atoms with van der Waals surface area (Å²) in [6, 6.07) is 12.4. The molecule has 104 valence electrons. The number of hydrogen-bond acceptors (Lipinski definition) is 3. The maximum atomic E-state index is 12.3. The van der Waals surface area contributed by atoms with Gasteiger partial charge in [-0.2, -0.15) is 0 Å². The lowest BCUT2D eigenvalue weighted by atomic mass is 10.1. The zero-order chi connectivity index (χ0) is 14.8. The number of benzene rings is 2. The number of halogens is 1. The molecule has 1 heterocycles. The molecular formula is C16H11IN2O2. The number of carbonyl (C=O) groups excluding carboxylic acids is 1. The summed E-state index contributed by atoms with van der Waals surface area (Å²) < 4.78 is 0.709. The molecule has 1 amide bonds. The van der Waals surface area contributed by atoms with Crippen molar-refractivity contribution in [2.75, 3.05) is 5.32 Å². The first-order chi connectivity index (χ1) is 10.1. The fourth-order valence-electron chi connectivity index (χ4n) is 2.08. The van der Waals surface area contributed by atoms with E-state index in [-0.39, 0.29) is 11.7 Å². The molecular weight excluding hydrogens is 379 g/mol. The van der Waals surface area contributed by atoms with Crippen LogP contribution in [-0.2, 0) is 0 Å². The summed E-state index contributed by atoms with van der Waals surface area (Å²) >= 11 is 2.01. The minimum absolute atomic E-state index is 0.102. The predicted octanol–water partition coefficient (Wildman–Crippen LogP) is 3.80. The SMILES string of the molecule is O=C(Nc1cccc2cnccc12)c1ccc(I)c(O)c1. The number of aromatic nitrogens is 1. The van der Waals surface area contributed by atoms with Crippen LogP contribution in [0.2, 0.25) is 0 Å². The first-order valence-corrected chi connectivity index (χ1v) is 7.35. The molecule has 3 aromatic rings. The second kappa shape index (κ2) is 5.69. The van der Waals surface area contributed by atoms with Gasteiger partial charge >= 0.3 is 0 Å². The summed E-state index contributed by atoms with van der Waals surface area (Å²) in [5, 5.41) is 14.4. The number of rotatable bonds is 2. The van der Waals surface area contributed by atoms with Crippen LogP contribution in [0.1, 0.15) is 10.4 Å². The number of fused-ring (bicyclic) bond motifs is 1. The van der Waals surface area contributed by atoms with E-state index in [9.17, 15) is 9.90 Å². The van der Waals surface area contributed by atoms with E-state index in [2.05, 4.69) is 10.3 Å². The van der Waals surface area contributed by atoms with Crippen molar-refractivity contribution in [3.63, 3.8) is 0 Å². The van der Waals surface area contributed by atoms with E-state index >= 15 is 0 Å². The summed E-state index contributed by atoms with van der Waals surface area (Å²) in [4.78, 5) is 16.3. The molecule has 3 rings (SSSR count). The number of aromatic hydroxyl groups is 1. The molecule has 0 aliphatic rings. The lowest BCUT2D eigenvalue weighted by molar-refractivity contribution is 0.102. The molecule has 0 bridgehead atoms. The molecule has 5 heteroatoms. The first kappa shape index (κ1) is 13.8. The van der Waals surface area contributed by atoms with Gasteiger partial charge in [0.05, 0.1) is 3.57 Å². The van der Waals surface area contributed by atoms with Gasteiger partial charge in [0.15, 0.2) is 0 Å². The van der Waals surface area contributed by atoms with Crippen LogP contribution in [0.3, 0.4) is 0 Å². The number of anilines is 1. The number of amides is 1. The Bertz CT molecular complexity index is 828. The van der Waals surface area contributed by atoms with E-state index in [0.29, 0.717) is 9.13 Å². The van der Waals surface area contributed by atoms with Gasteiger partial charge in [-0.15, -0.1) is 0 Å². The highest BCUT2D eigenvalue weighted by Crippen LogP contribution is 2.24. The molecule has 1 aromatic heterocycles. The zero-order valence-corrected chi connectivity index (χ0v) is 13.0. The Morgan fingerprint density at radius 2 is 2.05 bits per heavy atom. The summed E-state index contributed by atoms with van der Waals surface area (Å²) in [6.45, 7) is 0. The Kier molecular flexibility index (Phi) is 3.74. The fraction of sp³-hybridized carbons (Fsp3) is 0. The van der Waals surface area contributed by atoms with Crippen LogP contribution in [0, 0.1) is 3.57 Å². The highest BCUT2D eigenvalue weighted by Gasteiger charge is 2.10. The van der Waals surface area contributed by atoms with Gasteiger partial charge in [-0.05, 0) is 52.9 Å². The summed E-state index contributed by atoms with van der Waals surface area (Å²) in [7, 11) is 0. The lowest BCUT2D eigenvalue weighted by Crippen LogP contribution is -2.12. The topological polar surface area (TPSA) is 62.2 Å². The van der Waals surface area contributed by atoms with Crippen LogP contribution >= 0.6 is 22.6 Å². The van der Waals surface area contributed by atoms with Gasteiger partial charge in [0.25, 0.3) is 5.91 Å². The smallest absolute Gasteiger partial charge is 0.255 e. The molecule has 0 atom stereocenters. The molecule has 0 fully saturated rings. The van der Waals surface area contributed by atoms with Crippen LogP contribution in [-0.4, -0.2) is 16.0 Å². The van der Waals surface area contributed by atoms with Gasteiger partial charge in [-0.3, -0.25) is 9.78 Å². The van der Waals surface area contributed by atoms with E-state index < -0.39 is 0 Å². The Morgan fingerprint density at radius 3 is 2.86 bits per heavy atom. The Balaban J connectivity index is 1.94.